The van der Waals surface area contributed by atoms with Gasteiger partial charge in [0.25, 0.3) is 5.91 Å². The number of thioether (sulfide) groups is 1. The number of aliphatic carboxylic acids is 1. The first-order valence-corrected chi connectivity index (χ1v) is 14.0. The number of amidine groups is 1. The number of pyridine rings is 2. The molecule has 3 heterocycles. The maximum atomic E-state index is 12.7. The normalized spacial score (nSPS) is 13.7. The molecule has 0 spiro atoms. The second-order valence-electron chi connectivity index (χ2n) is 8.64. The molecule has 2 aromatic carbocycles. The Morgan fingerprint density at radius 1 is 1.09 bits per heavy atom. The summed E-state index contributed by atoms with van der Waals surface area (Å²) in [5.41, 5.74) is 3.75. The standard InChI is InChI=1S/C27H18Cl2N4O3S.C2HF3O2/c1-2-36-26(35)18-14-31-21-7-6-15(12-17(21)23(18)16-8-10-30-11-9-16)13-22-25(34)33-27(37-22)32-24-19(28)4-3-5-20(24)29;3-2(4,5)1(6)7/h3-14H,2H2,1H3,(H,32,33,34);(H,6,7)/b22-13-;. The fourth-order valence-electron chi connectivity index (χ4n) is 3.83. The van der Waals surface area contributed by atoms with Crippen LogP contribution in [0.3, 0.4) is 0 Å². The zero-order chi connectivity index (χ0) is 32.0. The topological polar surface area (TPSA) is 131 Å². The number of carbonyl (C=O) groups excluding carboxylic acids is 2. The molecule has 0 fully saturated rings. The van der Waals surface area contributed by atoms with E-state index in [-0.39, 0.29) is 12.5 Å². The lowest BCUT2D eigenvalue weighted by molar-refractivity contribution is -0.192. The Balaban J connectivity index is 0.000000566. The van der Waals surface area contributed by atoms with E-state index >= 15 is 0 Å². The summed E-state index contributed by atoms with van der Waals surface area (Å²) in [5, 5.41) is 12.1. The summed E-state index contributed by atoms with van der Waals surface area (Å²) in [7, 11) is 0. The van der Waals surface area contributed by atoms with E-state index in [1.54, 1.807) is 43.6 Å². The molecule has 5 rings (SSSR count). The molecule has 0 saturated heterocycles. The van der Waals surface area contributed by atoms with Crippen molar-refractivity contribution < 1.29 is 37.4 Å². The van der Waals surface area contributed by atoms with E-state index in [1.165, 1.54) is 18.0 Å². The summed E-state index contributed by atoms with van der Waals surface area (Å²) in [5.74, 6) is -3.60. The number of aliphatic imine (C=N–C) groups is 1. The maximum absolute atomic E-state index is 12.7. The number of esters is 1. The number of amides is 1. The molecule has 2 N–H and O–H groups in total. The molecule has 0 aliphatic carbocycles. The van der Waals surface area contributed by atoms with Crippen LogP contribution in [0, 0.1) is 0 Å². The van der Waals surface area contributed by atoms with Gasteiger partial charge in [-0.2, -0.15) is 18.2 Å². The first kappa shape index (κ1) is 32.5. The molecule has 0 atom stereocenters. The van der Waals surface area contributed by atoms with Crippen LogP contribution < -0.4 is 5.32 Å². The molecule has 2 aromatic heterocycles. The van der Waals surface area contributed by atoms with Gasteiger partial charge in [0.15, 0.2) is 5.17 Å². The number of para-hydroxylation sites is 1. The van der Waals surface area contributed by atoms with Crippen LogP contribution in [-0.2, 0) is 14.3 Å². The first-order chi connectivity index (χ1) is 20.9. The van der Waals surface area contributed by atoms with Crippen molar-refractivity contribution in [2.24, 2.45) is 4.99 Å². The summed E-state index contributed by atoms with van der Waals surface area (Å²) in [6.07, 6.45) is 1.50. The lowest BCUT2D eigenvalue weighted by Crippen LogP contribution is -2.21. The Morgan fingerprint density at radius 2 is 1.75 bits per heavy atom. The fourth-order valence-corrected chi connectivity index (χ4v) is 5.14. The Morgan fingerprint density at radius 3 is 2.36 bits per heavy atom. The monoisotopic (exact) mass is 662 g/mol. The van der Waals surface area contributed by atoms with Crippen molar-refractivity contribution >= 4 is 80.6 Å². The number of carboxylic acids is 1. The second kappa shape index (κ2) is 13.9. The fraction of sp³-hybridized carbons (Fsp3) is 0.103. The Hall–Kier alpha value is -4.46. The van der Waals surface area contributed by atoms with Crippen LogP contribution in [0.5, 0.6) is 0 Å². The van der Waals surface area contributed by atoms with Gasteiger partial charge in [0.05, 0.1) is 38.3 Å². The van der Waals surface area contributed by atoms with E-state index in [1.807, 2.05) is 30.3 Å². The number of nitrogens with zero attached hydrogens (tertiary/aromatic N) is 3. The van der Waals surface area contributed by atoms with Crippen molar-refractivity contribution in [3.8, 4) is 11.1 Å². The van der Waals surface area contributed by atoms with Crippen molar-refractivity contribution in [1.29, 1.82) is 0 Å². The quantitative estimate of drug-likeness (QED) is 0.165. The van der Waals surface area contributed by atoms with E-state index in [0.717, 1.165) is 16.5 Å². The van der Waals surface area contributed by atoms with Gasteiger partial charge in [-0.3, -0.25) is 14.8 Å². The summed E-state index contributed by atoms with van der Waals surface area (Å²) in [4.78, 5) is 47.4. The molecule has 0 bridgehead atoms. The Labute approximate surface area is 261 Å². The predicted octanol–water partition coefficient (Wildman–Crippen LogP) is 7.50. The van der Waals surface area contributed by atoms with Crippen molar-refractivity contribution in [2.75, 3.05) is 11.9 Å². The molecule has 1 amide bonds. The highest BCUT2D eigenvalue weighted by atomic mass is 35.5. The molecule has 226 valence electrons. The van der Waals surface area contributed by atoms with Gasteiger partial charge in [-0.15, -0.1) is 0 Å². The number of anilines is 1. The highest BCUT2D eigenvalue weighted by Crippen LogP contribution is 2.36. The number of carbonyl (C=O) groups is 3. The largest absolute Gasteiger partial charge is 0.490 e. The minimum absolute atomic E-state index is 0.244. The Kier molecular flexibility index (Phi) is 10.2. The van der Waals surface area contributed by atoms with Crippen molar-refractivity contribution in [3.63, 3.8) is 0 Å². The smallest absolute Gasteiger partial charge is 0.475 e. The number of fused-ring (bicyclic) bond motifs is 1. The van der Waals surface area contributed by atoms with Gasteiger partial charge < -0.3 is 15.2 Å². The number of ether oxygens (including phenoxy) is 1. The highest BCUT2D eigenvalue weighted by Gasteiger charge is 2.38. The van der Waals surface area contributed by atoms with Crippen molar-refractivity contribution in [2.45, 2.75) is 13.1 Å². The summed E-state index contributed by atoms with van der Waals surface area (Å²) < 4.78 is 37.0. The van der Waals surface area contributed by atoms with E-state index in [4.69, 9.17) is 37.8 Å². The molecular formula is C29H19Cl2F3N4O5S. The van der Waals surface area contributed by atoms with E-state index in [2.05, 4.69) is 20.3 Å². The van der Waals surface area contributed by atoms with Crippen LogP contribution in [0.2, 0.25) is 10.0 Å². The number of hydrogen-bond acceptors (Lipinski definition) is 8. The first-order valence-electron chi connectivity index (χ1n) is 12.4. The van der Waals surface area contributed by atoms with Gasteiger partial charge in [0.1, 0.15) is 0 Å². The molecule has 1 aliphatic heterocycles. The van der Waals surface area contributed by atoms with Crippen LogP contribution in [-0.4, -0.2) is 50.9 Å². The molecule has 9 nitrogen and oxygen atoms in total. The zero-order valence-electron chi connectivity index (χ0n) is 22.4. The number of carboxylic acid groups (broad SMARTS) is 1. The highest BCUT2D eigenvalue weighted by molar-refractivity contribution is 8.18. The van der Waals surface area contributed by atoms with Crippen LogP contribution >= 0.6 is 35.0 Å². The van der Waals surface area contributed by atoms with E-state index < -0.39 is 18.1 Å². The lowest BCUT2D eigenvalue weighted by atomic mass is 9.96. The summed E-state index contributed by atoms with van der Waals surface area (Å²) in [6.45, 7) is 2.00. The van der Waals surface area contributed by atoms with Crippen molar-refractivity contribution in [3.05, 3.63) is 93.2 Å². The minimum atomic E-state index is -5.08. The Bertz CT molecular complexity index is 1800. The number of benzene rings is 2. The van der Waals surface area contributed by atoms with Gasteiger partial charge >= 0.3 is 18.1 Å². The number of nitrogens with one attached hydrogen (secondary N) is 1. The average Bonchev–Trinajstić information content (AvgIpc) is 3.32. The van der Waals surface area contributed by atoms with Crippen LogP contribution in [0.15, 0.2) is 77.0 Å². The molecule has 0 saturated carbocycles. The summed E-state index contributed by atoms with van der Waals surface area (Å²) in [6, 6.07) is 14.4. The molecule has 15 heteroatoms. The average molecular weight is 663 g/mol. The number of alkyl halides is 3. The third-order valence-electron chi connectivity index (χ3n) is 5.71. The van der Waals surface area contributed by atoms with E-state index in [0.29, 0.717) is 42.4 Å². The van der Waals surface area contributed by atoms with Gasteiger partial charge in [0.2, 0.25) is 0 Å². The minimum Gasteiger partial charge on any atom is -0.475 e. The van der Waals surface area contributed by atoms with Gasteiger partial charge in [-0.1, -0.05) is 35.3 Å². The molecule has 0 unspecified atom stereocenters. The maximum Gasteiger partial charge on any atom is 0.490 e. The molecule has 1 aliphatic rings. The molecular weight excluding hydrogens is 644 g/mol. The molecule has 44 heavy (non-hydrogen) atoms. The summed E-state index contributed by atoms with van der Waals surface area (Å²) >= 11 is 13.6. The lowest BCUT2D eigenvalue weighted by Gasteiger charge is -2.13. The number of halogens is 5. The van der Waals surface area contributed by atoms with Gasteiger partial charge in [0, 0.05) is 29.5 Å². The van der Waals surface area contributed by atoms with Crippen LogP contribution in [0.1, 0.15) is 22.8 Å². The third kappa shape index (κ3) is 7.73. The van der Waals surface area contributed by atoms with E-state index in [9.17, 15) is 22.8 Å². The van der Waals surface area contributed by atoms with Crippen LogP contribution in [0.4, 0.5) is 18.9 Å². The van der Waals surface area contributed by atoms with Crippen molar-refractivity contribution in [1.82, 2.24) is 9.97 Å². The third-order valence-corrected chi connectivity index (χ3v) is 7.24. The molecule has 0 radical (unpaired) electrons. The number of hydrogen-bond donors (Lipinski definition) is 2. The van der Waals surface area contributed by atoms with Gasteiger partial charge in [-0.05, 0) is 72.3 Å². The zero-order valence-corrected chi connectivity index (χ0v) is 24.7. The second-order valence-corrected chi connectivity index (χ2v) is 10.5. The predicted molar refractivity (Wildman–Crippen MR) is 163 cm³/mol. The van der Waals surface area contributed by atoms with Crippen LogP contribution in [0.25, 0.3) is 28.1 Å². The number of aromatic nitrogens is 2. The van der Waals surface area contributed by atoms with Gasteiger partial charge in [-0.25, -0.2) is 9.59 Å². The number of rotatable bonds is 5. The molecule has 4 aromatic rings. The SMILES string of the molecule is CCOC(=O)c1cnc2ccc(/C=C3\SC(Nc4c(Cl)cccc4Cl)=NC3=O)cc2c1-c1ccncc1.O=C(O)C(F)(F)F.